The third kappa shape index (κ3) is 2.56. The Morgan fingerprint density at radius 2 is 2.25 bits per heavy atom. The minimum Gasteiger partial charge on any atom is -0.465 e. The topological polar surface area (TPSA) is 46.6 Å². The van der Waals surface area contributed by atoms with Crippen molar-refractivity contribution in [2.24, 2.45) is 5.92 Å². The average molecular weight is 336 g/mol. The molecule has 1 aromatic carbocycles. The first-order valence-corrected chi connectivity index (χ1v) is 6.92. The van der Waals surface area contributed by atoms with E-state index in [1.165, 1.54) is 7.11 Å². The number of halogens is 1. The van der Waals surface area contributed by atoms with E-state index in [1.54, 1.807) is 17.9 Å². The largest absolute Gasteiger partial charge is 0.465 e. The number of amides is 1. The van der Waals surface area contributed by atoms with Crippen LogP contribution in [0.2, 0.25) is 0 Å². The first-order valence-electron chi connectivity index (χ1n) is 6.13. The van der Waals surface area contributed by atoms with E-state index in [9.17, 15) is 9.59 Å². The van der Waals surface area contributed by atoms with Gasteiger partial charge in [0.2, 0.25) is 5.91 Å². The number of carbonyl (C=O) groups excluding carboxylic acids is 2. The van der Waals surface area contributed by atoms with Crippen LogP contribution in [0.1, 0.15) is 22.3 Å². The molecule has 2 rings (SSSR count). The highest BCUT2D eigenvalue weighted by Gasteiger charge is 2.31. The highest BCUT2D eigenvalue weighted by atomic mass is 79.9. The van der Waals surface area contributed by atoms with Gasteiger partial charge in [-0.2, -0.15) is 0 Å². The lowest BCUT2D eigenvalue weighted by Gasteiger charge is -2.20. The van der Waals surface area contributed by atoms with Crippen molar-refractivity contribution in [3.63, 3.8) is 0 Å². The minimum atomic E-state index is -0.426. The predicted octanol–water partition coefficient (Wildman–Crippen LogP) is 2.53. The van der Waals surface area contributed by atoms with Crippen molar-refractivity contribution in [1.82, 2.24) is 0 Å². The Labute approximate surface area is 126 Å². The number of benzene rings is 1. The van der Waals surface area contributed by atoms with Crippen molar-refractivity contribution in [2.45, 2.75) is 13.3 Å². The zero-order valence-electron chi connectivity index (χ0n) is 11.3. The van der Waals surface area contributed by atoms with Crippen LogP contribution in [0.5, 0.6) is 0 Å². The summed E-state index contributed by atoms with van der Waals surface area (Å²) in [6.07, 6.45) is 5.73. The molecule has 4 nitrogen and oxygen atoms in total. The molecule has 5 heteroatoms. The molecule has 1 aliphatic rings. The molecule has 1 unspecified atom stereocenters. The molecule has 0 aliphatic carbocycles. The number of terminal acetylenes is 1. The summed E-state index contributed by atoms with van der Waals surface area (Å²) < 4.78 is 5.48. The van der Waals surface area contributed by atoms with Crippen LogP contribution in [0.4, 0.5) is 5.69 Å². The maximum absolute atomic E-state index is 12.1. The third-order valence-electron chi connectivity index (χ3n) is 3.40. The third-order valence-corrected chi connectivity index (χ3v) is 3.86. The Balaban J connectivity index is 2.48. The predicted molar refractivity (Wildman–Crippen MR) is 79.5 cm³/mol. The standard InChI is InChI=1S/C15H14BrNO3/c1-4-10-5-14(18)17(8-10)13-7-11(16)6-12(9(13)2)15(19)20-3/h1,6-7,10H,5,8H2,2-3H3. The average Bonchev–Trinajstić information content (AvgIpc) is 2.81. The zero-order valence-corrected chi connectivity index (χ0v) is 12.9. The Hall–Kier alpha value is -1.80. The van der Waals surface area contributed by atoms with Gasteiger partial charge in [-0.3, -0.25) is 4.79 Å². The summed E-state index contributed by atoms with van der Waals surface area (Å²) in [7, 11) is 1.33. The van der Waals surface area contributed by atoms with Crippen molar-refractivity contribution in [2.75, 3.05) is 18.6 Å². The molecule has 20 heavy (non-hydrogen) atoms. The van der Waals surface area contributed by atoms with Gasteiger partial charge in [-0.25, -0.2) is 4.79 Å². The summed E-state index contributed by atoms with van der Waals surface area (Å²) in [5.41, 5.74) is 1.85. The maximum Gasteiger partial charge on any atom is 0.338 e. The van der Waals surface area contributed by atoms with E-state index >= 15 is 0 Å². The van der Waals surface area contributed by atoms with Crippen LogP contribution in [0.3, 0.4) is 0 Å². The Morgan fingerprint density at radius 3 is 2.80 bits per heavy atom. The van der Waals surface area contributed by atoms with Crippen LogP contribution in [-0.2, 0) is 9.53 Å². The molecule has 1 aliphatic heterocycles. The first-order chi connectivity index (χ1) is 9.47. The quantitative estimate of drug-likeness (QED) is 0.616. The molecule has 104 valence electrons. The van der Waals surface area contributed by atoms with Gasteiger partial charge in [0.15, 0.2) is 0 Å². The summed E-state index contributed by atoms with van der Waals surface area (Å²) in [5.74, 6) is 2.08. The molecule has 1 aromatic rings. The number of ether oxygens (including phenoxy) is 1. The summed E-state index contributed by atoms with van der Waals surface area (Å²) in [5, 5.41) is 0. The number of hydrogen-bond acceptors (Lipinski definition) is 3. The van der Waals surface area contributed by atoms with Gasteiger partial charge >= 0.3 is 5.97 Å². The number of nitrogens with zero attached hydrogens (tertiary/aromatic N) is 1. The van der Waals surface area contributed by atoms with E-state index in [0.29, 0.717) is 29.8 Å². The molecule has 1 saturated heterocycles. The lowest BCUT2D eigenvalue weighted by atomic mass is 10.1. The SMILES string of the molecule is C#CC1CC(=O)N(c2cc(Br)cc(C(=O)OC)c2C)C1. The summed E-state index contributed by atoms with van der Waals surface area (Å²) in [6.45, 7) is 2.28. The van der Waals surface area contributed by atoms with E-state index in [0.717, 1.165) is 4.47 Å². The molecule has 1 amide bonds. The highest BCUT2D eigenvalue weighted by molar-refractivity contribution is 9.10. The number of carbonyl (C=O) groups is 2. The Bertz CT molecular complexity index is 618. The van der Waals surface area contributed by atoms with Crippen LogP contribution >= 0.6 is 15.9 Å². The van der Waals surface area contributed by atoms with Crippen LogP contribution in [-0.4, -0.2) is 25.5 Å². The number of anilines is 1. The van der Waals surface area contributed by atoms with E-state index in [4.69, 9.17) is 11.2 Å². The van der Waals surface area contributed by atoms with Crippen molar-refractivity contribution < 1.29 is 14.3 Å². The number of rotatable bonds is 2. The zero-order chi connectivity index (χ0) is 14.9. The fourth-order valence-electron chi connectivity index (χ4n) is 2.32. The number of esters is 1. The lowest BCUT2D eigenvalue weighted by Crippen LogP contribution is -2.26. The van der Waals surface area contributed by atoms with Gasteiger partial charge in [-0.1, -0.05) is 15.9 Å². The smallest absolute Gasteiger partial charge is 0.338 e. The van der Waals surface area contributed by atoms with E-state index in [-0.39, 0.29) is 11.8 Å². The van der Waals surface area contributed by atoms with Crippen molar-refractivity contribution in [3.8, 4) is 12.3 Å². The summed E-state index contributed by atoms with van der Waals surface area (Å²) >= 11 is 3.36. The molecular weight excluding hydrogens is 322 g/mol. The fourth-order valence-corrected chi connectivity index (χ4v) is 2.76. The van der Waals surface area contributed by atoms with Gasteiger partial charge < -0.3 is 9.64 Å². The fraction of sp³-hybridized carbons (Fsp3) is 0.333. The minimum absolute atomic E-state index is 0.0232. The van der Waals surface area contributed by atoms with Gasteiger partial charge in [-0.15, -0.1) is 12.3 Å². The van der Waals surface area contributed by atoms with Gasteiger partial charge in [0.25, 0.3) is 0 Å². The molecule has 0 spiro atoms. The van der Waals surface area contributed by atoms with Crippen molar-refractivity contribution in [1.29, 1.82) is 0 Å². The maximum atomic E-state index is 12.1. The van der Waals surface area contributed by atoms with Crippen molar-refractivity contribution >= 4 is 33.5 Å². The van der Waals surface area contributed by atoms with Crippen LogP contribution in [0.25, 0.3) is 0 Å². The van der Waals surface area contributed by atoms with Crippen LogP contribution < -0.4 is 4.90 Å². The molecule has 1 atom stereocenters. The second-order valence-electron chi connectivity index (χ2n) is 4.66. The first kappa shape index (κ1) is 14.6. The van der Waals surface area contributed by atoms with Gasteiger partial charge in [0, 0.05) is 29.0 Å². The number of methoxy groups -OCH3 is 1. The molecular formula is C15H14BrNO3. The van der Waals surface area contributed by atoms with Crippen molar-refractivity contribution in [3.05, 3.63) is 27.7 Å². The second kappa shape index (κ2) is 5.68. The summed E-state index contributed by atoms with van der Waals surface area (Å²) in [6, 6.07) is 3.50. The molecule has 0 saturated carbocycles. The molecule has 0 aromatic heterocycles. The molecule has 1 fully saturated rings. The number of hydrogen-bond donors (Lipinski definition) is 0. The molecule has 1 heterocycles. The van der Waals surface area contributed by atoms with E-state index in [2.05, 4.69) is 21.9 Å². The second-order valence-corrected chi connectivity index (χ2v) is 5.58. The van der Waals surface area contributed by atoms with Gasteiger partial charge in [0.05, 0.1) is 12.7 Å². The van der Waals surface area contributed by atoms with Gasteiger partial charge in [-0.05, 0) is 24.6 Å². The molecule has 0 N–H and O–H groups in total. The Kier molecular flexibility index (Phi) is 4.15. The molecule has 0 radical (unpaired) electrons. The van der Waals surface area contributed by atoms with Crippen LogP contribution in [0, 0.1) is 25.2 Å². The van der Waals surface area contributed by atoms with Gasteiger partial charge in [0.1, 0.15) is 0 Å². The van der Waals surface area contributed by atoms with E-state index < -0.39 is 5.97 Å². The highest BCUT2D eigenvalue weighted by Crippen LogP contribution is 2.32. The monoisotopic (exact) mass is 335 g/mol. The van der Waals surface area contributed by atoms with Crippen LogP contribution in [0.15, 0.2) is 16.6 Å². The van der Waals surface area contributed by atoms with E-state index in [1.807, 2.05) is 6.07 Å². The molecule has 0 bridgehead atoms. The summed E-state index contributed by atoms with van der Waals surface area (Å²) in [4.78, 5) is 25.5. The normalized spacial score (nSPS) is 18.0. The lowest BCUT2D eigenvalue weighted by molar-refractivity contribution is -0.117. The Morgan fingerprint density at radius 1 is 1.55 bits per heavy atom.